The van der Waals surface area contributed by atoms with E-state index in [9.17, 15) is 9.90 Å². The molecule has 1 atom stereocenters. The molecule has 0 spiro atoms. The van der Waals surface area contributed by atoms with Gasteiger partial charge in [0.05, 0.1) is 0 Å². The van der Waals surface area contributed by atoms with Crippen LogP contribution in [0.1, 0.15) is 43.0 Å². The number of rotatable bonds is 5. The van der Waals surface area contributed by atoms with Gasteiger partial charge in [0.25, 0.3) is 0 Å². The highest BCUT2D eigenvalue weighted by Crippen LogP contribution is 2.32. The summed E-state index contributed by atoms with van der Waals surface area (Å²) in [6.07, 6.45) is -0.565. The first kappa shape index (κ1) is 18.1. The average Bonchev–Trinajstić information content (AvgIpc) is 2.49. The lowest BCUT2D eigenvalue weighted by atomic mass is 9.86. The van der Waals surface area contributed by atoms with Gasteiger partial charge in [-0.05, 0) is 47.6 Å². The molecule has 0 radical (unpaired) electrons. The number of benzene rings is 2. The summed E-state index contributed by atoms with van der Waals surface area (Å²) in [4.78, 5) is 11.7. The van der Waals surface area contributed by atoms with Crippen LogP contribution in [0.2, 0.25) is 0 Å². The van der Waals surface area contributed by atoms with Crippen LogP contribution in [0.5, 0.6) is 5.75 Å². The number of para-hydroxylation sites is 1. The maximum atomic E-state index is 11.7. The van der Waals surface area contributed by atoms with Crippen LogP contribution in [-0.2, 0) is 16.6 Å². The highest BCUT2D eigenvalue weighted by molar-refractivity contribution is 5.73. The summed E-state index contributed by atoms with van der Waals surface area (Å²) in [5.41, 5.74) is 4.23. The Kier molecular flexibility index (Phi) is 5.33. The molecule has 0 fully saturated rings. The molecule has 0 heterocycles. The van der Waals surface area contributed by atoms with E-state index in [4.69, 9.17) is 4.74 Å². The molecule has 1 N–H and O–H groups in total. The lowest BCUT2D eigenvalue weighted by Gasteiger charge is -2.25. The lowest BCUT2D eigenvalue weighted by Crippen LogP contribution is -2.30. The maximum Gasteiger partial charge on any atom is 0.345 e. The van der Waals surface area contributed by atoms with Gasteiger partial charge in [-0.3, -0.25) is 0 Å². The third kappa shape index (κ3) is 4.38. The first-order chi connectivity index (χ1) is 11.2. The van der Waals surface area contributed by atoms with Gasteiger partial charge in [-0.25, -0.2) is 4.79 Å². The number of aliphatic carboxylic acids is 1. The molecule has 0 aromatic heterocycles. The third-order valence-electron chi connectivity index (χ3n) is 4.23. The fourth-order valence-corrected chi connectivity index (χ4v) is 2.67. The molecule has 0 aliphatic carbocycles. The van der Waals surface area contributed by atoms with Gasteiger partial charge in [0, 0.05) is 6.42 Å². The predicted octanol–water partition coefficient (Wildman–Crippen LogP) is 4.68. The van der Waals surface area contributed by atoms with E-state index < -0.39 is 12.1 Å². The molecule has 0 saturated carbocycles. The fourth-order valence-electron chi connectivity index (χ4n) is 2.67. The number of ether oxygens (including phenoxy) is 1. The van der Waals surface area contributed by atoms with Crippen molar-refractivity contribution in [3.8, 4) is 5.75 Å². The molecule has 0 aliphatic rings. The highest BCUT2D eigenvalue weighted by Gasteiger charge is 2.24. The highest BCUT2D eigenvalue weighted by atomic mass is 16.5. The van der Waals surface area contributed by atoms with Crippen LogP contribution >= 0.6 is 0 Å². The zero-order valence-electron chi connectivity index (χ0n) is 15.1. The second-order valence-corrected chi connectivity index (χ2v) is 7.31. The topological polar surface area (TPSA) is 46.5 Å². The Morgan fingerprint density at radius 3 is 2.33 bits per heavy atom. The van der Waals surface area contributed by atoms with E-state index in [0.717, 1.165) is 16.7 Å². The largest absolute Gasteiger partial charge is 0.478 e. The monoisotopic (exact) mass is 326 g/mol. The van der Waals surface area contributed by atoms with E-state index >= 15 is 0 Å². The van der Waals surface area contributed by atoms with Crippen LogP contribution < -0.4 is 4.74 Å². The van der Waals surface area contributed by atoms with Crippen LogP contribution in [-0.4, -0.2) is 17.2 Å². The number of hydrogen-bond donors (Lipinski definition) is 1. The Labute approximate surface area is 144 Å². The minimum absolute atomic E-state index is 0.111. The van der Waals surface area contributed by atoms with Gasteiger partial charge in [0.15, 0.2) is 6.10 Å². The van der Waals surface area contributed by atoms with Gasteiger partial charge in [0.2, 0.25) is 0 Å². The zero-order chi connectivity index (χ0) is 17.9. The predicted molar refractivity (Wildman–Crippen MR) is 96.8 cm³/mol. The molecule has 0 saturated heterocycles. The molecular formula is C21H26O3. The van der Waals surface area contributed by atoms with Crippen molar-refractivity contribution in [3.63, 3.8) is 0 Å². The van der Waals surface area contributed by atoms with Crippen LogP contribution in [0.25, 0.3) is 0 Å². The normalized spacial score (nSPS) is 12.7. The fraction of sp³-hybridized carbons (Fsp3) is 0.381. The Bertz CT molecular complexity index is 726. The Morgan fingerprint density at radius 1 is 1.08 bits per heavy atom. The number of aryl methyl sites for hydroxylation is 2. The molecule has 3 nitrogen and oxygen atoms in total. The van der Waals surface area contributed by atoms with E-state index in [1.54, 1.807) is 0 Å². The van der Waals surface area contributed by atoms with E-state index in [1.165, 1.54) is 5.56 Å². The van der Waals surface area contributed by atoms with Crippen molar-refractivity contribution >= 4 is 5.97 Å². The standard InChI is InChI=1S/C21H26O3/c1-14-10-11-16(12-15(14)2)13-19(20(22)23)24-18-9-7-6-8-17(18)21(3,4)5/h6-12,19H,13H2,1-5H3,(H,22,23)/t19-/m1/s1. The SMILES string of the molecule is Cc1ccc(C[C@@H](Oc2ccccc2C(C)(C)C)C(=O)O)cc1C. The molecule has 0 unspecified atom stereocenters. The molecule has 0 aliphatic heterocycles. The Balaban J connectivity index is 2.27. The molecule has 3 heteroatoms. The molecule has 128 valence electrons. The van der Waals surface area contributed by atoms with Crippen molar-refractivity contribution in [1.29, 1.82) is 0 Å². The van der Waals surface area contributed by atoms with Crippen molar-refractivity contribution in [2.45, 2.75) is 52.6 Å². The van der Waals surface area contributed by atoms with Crippen molar-refractivity contribution < 1.29 is 14.6 Å². The first-order valence-corrected chi connectivity index (χ1v) is 8.23. The summed E-state index contributed by atoms with van der Waals surface area (Å²) in [6.45, 7) is 10.4. The summed E-state index contributed by atoms with van der Waals surface area (Å²) >= 11 is 0. The molecule has 2 aromatic rings. The van der Waals surface area contributed by atoms with Gasteiger partial charge in [0.1, 0.15) is 5.75 Å². The van der Waals surface area contributed by atoms with Gasteiger partial charge in [-0.15, -0.1) is 0 Å². The number of carboxylic acid groups (broad SMARTS) is 1. The summed E-state index contributed by atoms with van der Waals surface area (Å²) in [5.74, 6) is -0.307. The van der Waals surface area contributed by atoms with Crippen molar-refractivity contribution in [2.24, 2.45) is 0 Å². The molecule has 2 aromatic carbocycles. The van der Waals surface area contributed by atoms with Gasteiger partial charge in [-0.2, -0.15) is 0 Å². The Hall–Kier alpha value is -2.29. The van der Waals surface area contributed by atoms with E-state index in [1.807, 2.05) is 56.3 Å². The zero-order valence-corrected chi connectivity index (χ0v) is 15.1. The first-order valence-electron chi connectivity index (χ1n) is 8.23. The molecular weight excluding hydrogens is 300 g/mol. The number of carbonyl (C=O) groups is 1. The second-order valence-electron chi connectivity index (χ2n) is 7.31. The van der Waals surface area contributed by atoms with Crippen molar-refractivity contribution in [1.82, 2.24) is 0 Å². The van der Waals surface area contributed by atoms with E-state index in [0.29, 0.717) is 12.2 Å². The van der Waals surface area contributed by atoms with Crippen LogP contribution in [0.3, 0.4) is 0 Å². The van der Waals surface area contributed by atoms with Gasteiger partial charge in [-0.1, -0.05) is 57.2 Å². The smallest absolute Gasteiger partial charge is 0.345 e. The minimum Gasteiger partial charge on any atom is -0.478 e. The van der Waals surface area contributed by atoms with Crippen molar-refractivity contribution in [2.75, 3.05) is 0 Å². The average molecular weight is 326 g/mol. The van der Waals surface area contributed by atoms with Gasteiger partial charge < -0.3 is 9.84 Å². The second kappa shape index (κ2) is 7.08. The summed E-state index contributed by atoms with van der Waals surface area (Å²) in [7, 11) is 0. The molecule has 0 bridgehead atoms. The van der Waals surface area contributed by atoms with Crippen LogP contribution in [0, 0.1) is 13.8 Å². The van der Waals surface area contributed by atoms with E-state index in [-0.39, 0.29) is 5.41 Å². The maximum absolute atomic E-state index is 11.7. The quantitative estimate of drug-likeness (QED) is 0.868. The van der Waals surface area contributed by atoms with E-state index in [2.05, 4.69) is 20.8 Å². The Morgan fingerprint density at radius 2 is 1.75 bits per heavy atom. The summed E-state index contributed by atoms with van der Waals surface area (Å²) in [6, 6.07) is 13.7. The van der Waals surface area contributed by atoms with Crippen LogP contribution in [0.4, 0.5) is 0 Å². The molecule has 2 rings (SSSR count). The lowest BCUT2D eigenvalue weighted by molar-refractivity contribution is -0.145. The number of carboxylic acids is 1. The third-order valence-corrected chi connectivity index (χ3v) is 4.23. The summed E-state index contributed by atoms with van der Waals surface area (Å²) < 4.78 is 5.91. The summed E-state index contributed by atoms with van der Waals surface area (Å²) in [5, 5.41) is 9.59. The molecule has 0 amide bonds. The van der Waals surface area contributed by atoms with Crippen LogP contribution in [0.15, 0.2) is 42.5 Å². The van der Waals surface area contributed by atoms with Crippen molar-refractivity contribution in [3.05, 3.63) is 64.7 Å². The molecule has 24 heavy (non-hydrogen) atoms. The number of hydrogen-bond acceptors (Lipinski definition) is 2. The minimum atomic E-state index is -0.947. The van der Waals surface area contributed by atoms with Gasteiger partial charge >= 0.3 is 5.97 Å².